The Morgan fingerprint density at radius 3 is 2.55 bits per heavy atom. The molecule has 0 fully saturated rings. The fourth-order valence-corrected chi connectivity index (χ4v) is 4.26. The van der Waals surface area contributed by atoms with E-state index in [-0.39, 0.29) is 16.8 Å². The zero-order valence-corrected chi connectivity index (χ0v) is 19.3. The number of rotatable bonds is 7. The molecule has 4 rings (SSSR count). The van der Waals surface area contributed by atoms with Crippen LogP contribution < -0.4 is 5.32 Å². The lowest BCUT2D eigenvalue weighted by Crippen LogP contribution is -2.25. The van der Waals surface area contributed by atoms with Gasteiger partial charge in [0, 0.05) is 18.8 Å². The number of carbonyl (C=O) groups is 1. The van der Waals surface area contributed by atoms with Gasteiger partial charge in [0.05, 0.1) is 35.4 Å². The Balaban J connectivity index is 1.70. The molecule has 11 heteroatoms. The highest BCUT2D eigenvalue weighted by molar-refractivity contribution is 7.89. The minimum absolute atomic E-state index is 0.0365. The largest absolute Gasteiger partial charge is 0.463 e. The van der Waals surface area contributed by atoms with Gasteiger partial charge in [0.2, 0.25) is 0 Å². The number of hydrogen-bond donors (Lipinski definition) is 1. The zero-order valence-electron chi connectivity index (χ0n) is 18.5. The number of hydroxylamine groups is 1. The van der Waals surface area contributed by atoms with Crippen molar-refractivity contribution < 1.29 is 22.5 Å². The van der Waals surface area contributed by atoms with Crippen molar-refractivity contribution in [3.63, 3.8) is 0 Å². The molecule has 1 aromatic carbocycles. The number of anilines is 1. The molecule has 0 aliphatic heterocycles. The summed E-state index contributed by atoms with van der Waals surface area (Å²) in [6.45, 7) is 3.95. The second kappa shape index (κ2) is 8.77. The lowest BCUT2D eigenvalue weighted by atomic mass is 10.1. The predicted octanol–water partition coefficient (Wildman–Crippen LogP) is 3.71. The fourth-order valence-electron chi connectivity index (χ4n) is 3.29. The first-order chi connectivity index (χ1) is 15.7. The monoisotopic (exact) mass is 469 g/mol. The van der Waals surface area contributed by atoms with Crippen molar-refractivity contribution in [2.75, 3.05) is 19.5 Å². The summed E-state index contributed by atoms with van der Waals surface area (Å²) in [6, 6.07) is 11.0. The number of aromatic nitrogens is 3. The van der Waals surface area contributed by atoms with Crippen LogP contribution in [-0.2, 0) is 14.9 Å². The third kappa shape index (κ3) is 4.25. The molecule has 0 aliphatic carbocycles. The van der Waals surface area contributed by atoms with Crippen LogP contribution in [0.1, 0.15) is 30.2 Å². The average Bonchev–Trinajstić information content (AvgIpc) is 3.48. The first-order valence-electron chi connectivity index (χ1n) is 10.1. The van der Waals surface area contributed by atoms with Gasteiger partial charge in [-0.25, -0.2) is 18.1 Å². The summed E-state index contributed by atoms with van der Waals surface area (Å²) in [6.07, 6.45) is 3.15. The van der Waals surface area contributed by atoms with Gasteiger partial charge in [-0.3, -0.25) is 9.63 Å². The Labute approximate surface area is 190 Å². The highest BCUT2D eigenvalue weighted by Crippen LogP contribution is 2.27. The molecule has 1 N–H and O–H groups in total. The molecule has 0 aliphatic rings. The second-order valence-corrected chi connectivity index (χ2v) is 9.46. The van der Waals surface area contributed by atoms with E-state index in [1.165, 1.54) is 44.7 Å². The van der Waals surface area contributed by atoms with E-state index < -0.39 is 10.0 Å². The van der Waals surface area contributed by atoms with E-state index in [0.29, 0.717) is 33.7 Å². The number of nitrogens with one attached hydrogen (secondary N) is 1. The lowest BCUT2D eigenvalue weighted by Gasteiger charge is -2.14. The van der Waals surface area contributed by atoms with Crippen LogP contribution in [0.15, 0.2) is 64.2 Å². The molecular formula is C22H23N5O5S. The van der Waals surface area contributed by atoms with Crippen LogP contribution in [0.4, 0.5) is 5.69 Å². The van der Waals surface area contributed by atoms with Crippen LogP contribution in [0.5, 0.6) is 0 Å². The van der Waals surface area contributed by atoms with E-state index in [0.717, 1.165) is 4.47 Å². The summed E-state index contributed by atoms with van der Waals surface area (Å²) in [5.74, 6) is 0.141. The van der Waals surface area contributed by atoms with Crippen LogP contribution >= 0.6 is 0 Å². The van der Waals surface area contributed by atoms with Gasteiger partial charge in [-0.15, -0.1) is 0 Å². The minimum atomic E-state index is -3.78. The standard InChI is InChI=1S/C22H23N5O5S/c1-14(2)27-21-18(13-23-27)17(12-19(25-21)20-6-5-11-32-20)22(28)24-15-7-9-16(10-8-15)33(29,30)26(3)31-4/h5-14H,1-4H3,(H,24,28). The quantitative estimate of drug-likeness (QED) is 0.410. The summed E-state index contributed by atoms with van der Waals surface area (Å²) in [4.78, 5) is 22.7. The number of pyridine rings is 1. The van der Waals surface area contributed by atoms with E-state index >= 15 is 0 Å². The van der Waals surface area contributed by atoms with Crippen molar-refractivity contribution in [2.45, 2.75) is 24.8 Å². The molecule has 0 atom stereocenters. The number of nitrogens with zero attached hydrogens (tertiary/aromatic N) is 4. The highest BCUT2D eigenvalue weighted by atomic mass is 32.2. The number of sulfonamides is 1. The molecule has 0 saturated heterocycles. The highest BCUT2D eigenvalue weighted by Gasteiger charge is 2.22. The molecule has 33 heavy (non-hydrogen) atoms. The van der Waals surface area contributed by atoms with Gasteiger partial charge in [0.15, 0.2) is 11.4 Å². The number of fused-ring (bicyclic) bond motifs is 1. The van der Waals surface area contributed by atoms with Crippen LogP contribution in [0.3, 0.4) is 0 Å². The maximum Gasteiger partial charge on any atom is 0.264 e. The minimum Gasteiger partial charge on any atom is -0.463 e. The molecule has 0 saturated carbocycles. The van der Waals surface area contributed by atoms with Crippen molar-refractivity contribution in [2.24, 2.45) is 0 Å². The lowest BCUT2D eigenvalue weighted by molar-refractivity contribution is -0.0258. The average molecular weight is 470 g/mol. The summed E-state index contributed by atoms with van der Waals surface area (Å²) < 4.78 is 32.7. The normalized spacial score (nSPS) is 12.1. The topological polar surface area (TPSA) is 120 Å². The number of amides is 1. The molecule has 10 nitrogen and oxygen atoms in total. The van der Waals surface area contributed by atoms with Gasteiger partial charge >= 0.3 is 0 Å². The first-order valence-corrected chi connectivity index (χ1v) is 11.5. The Morgan fingerprint density at radius 2 is 1.94 bits per heavy atom. The Hall–Kier alpha value is -3.54. The summed E-state index contributed by atoms with van der Waals surface area (Å²) in [5, 5.41) is 7.79. The second-order valence-electron chi connectivity index (χ2n) is 7.53. The molecule has 0 bridgehead atoms. The van der Waals surface area contributed by atoms with E-state index in [2.05, 4.69) is 15.4 Å². The molecule has 1 amide bonds. The summed E-state index contributed by atoms with van der Waals surface area (Å²) in [5.41, 5.74) is 1.87. The third-order valence-electron chi connectivity index (χ3n) is 5.08. The van der Waals surface area contributed by atoms with Crippen molar-refractivity contribution in [3.05, 3.63) is 60.5 Å². The molecule has 3 heterocycles. The predicted molar refractivity (Wildman–Crippen MR) is 122 cm³/mol. The summed E-state index contributed by atoms with van der Waals surface area (Å²) in [7, 11) is -1.22. The van der Waals surface area contributed by atoms with Crippen LogP contribution in [0.25, 0.3) is 22.5 Å². The van der Waals surface area contributed by atoms with Gasteiger partial charge in [-0.1, -0.05) is 4.47 Å². The van der Waals surface area contributed by atoms with E-state index in [4.69, 9.17) is 9.25 Å². The zero-order chi connectivity index (χ0) is 23.8. The van der Waals surface area contributed by atoms with Crippen LogP contribution in [0, 0.1) is 0 Å². The van der Waals surface area contributed by atoms with Crippen molar-refractivity contribution in [3.8, 4) is 11.5 Å². The van der Waals surface area contributed by atoms with Gasteiger partial charge in [-0.2, -0.15) is 5.10 Å². The van der Waals surface area contributed by atoms with Crippen molar-refractivity contribution in [1.82, 2.24) is 19.2 Å². The van der Waals surface area contributed by atoms with Crippen LogP contribution in [-0.4, -0.2) is 47.7 Å². The van der Waals surface area contributed by atoms with E-state index in [1.807, 2.05) is 13.8 Å². The maximum absolute atomic E-state index is 13.2. The van der Waals surface area contributed by atoms with Crippen molar-refractivity contribution in [1.29, 1.82) is 0 Å². The molecule has 0 spiro atoms. The number of carbonyl (C=O) groups excluding carboxylic acids is 1. The first kappa shape index (κ1) is 22.6. The number of hydrogen-bond acceptors (Lipinski definition) is 7. The number of furan rings is 1. The van der Waals surface area contributed by atoms with Gasteiger partial charge in [0.25, 0.3) is 15.9 Å². The fraction of sp³-hybridized carbons (Fsp3) is 0.227. The maximum atomic E-state index is 13.2. The van der Waals surface area contributed by atoms with E-state index in [1.54, 1.807) is 29.1 Å². The van der Waals surface area contributed by atoms with E-state index in [9.17, 15) is 13.2 Å². The Bertz CT molecular complexity index is 1390. The van der Waals surface area contributed by atoms with Gasteiger partial charge in [-0.05, 0) is 56.3 Å². The SMILES string of the molecule is CON(C)S(=O)(=O)c1ccc(NC(=O)c2cc(-c3ccco3)nc3c2cnn3C(C)C)cc1. The smallest absolute Gasteiger partial charge is 0.264 e. The molecule has 0 radical (unpaired) electrons. The molecule has 4 aromatic rings. The summed E-state index contributed by atoms with van der Waals surface area (Å²) >= 11 is 0. The molecule has 3 aromatic heterocycles. The van der Waals surface area contributed by atoms with Crippen LogP contribution in [0.2, 0.25) is 0 Å². The Kier molecular flexibility index (Phi) is 6.02. The molecular weight excluding hydrogens is 446 g/mol. The number of benzene rings is 1. The molecule has 172 valence electrons. The van der Waals surface area contributed by atoms with Gasteiger partial charge < -0.3 is 9.73 Å². The van der Waals surface area contributed by atoms with Gasteiger partial charge in [0.1, 0.15) is 5.69 Å². The Morgan fingerprint density at radius 1 is 1.21 bits per heavy atom. The molecule has 0 unspecified atom stereocenters. The van der Waals surface area contributed by atoms with Crippen molar-refractivity contribution >= 4 is 32.7 Å². The third-order valence-corrected chi connectivity index (χ3v) is 6.77.